The van der Waals surface area contributed by atoms with Crippen molar-refractivity contribution in [1.29, 1.82) is 5.26 Å². The predicted molar refractivity (Wildman–Crippen MR) is 289 cm³/mol. The van der Waals surface area contributed by atoms with E-state index in [2.05, 4.69) is 59.7 Å². The second kappa shape index (κ2) is 22.8. The SMILES string of the molecule is Cc1ncsc1-c1ccc([C@H](C)NC(=O)C2C[C@@H](O)CN2C(=O)[C@@H](NC(=O)COc2ccc(OC3CCC(Oc4ccc(C(=O)NC5C(C)(C)C(Oc6ccc(C#N)c(Cl)c6)C5(C)C)cc4)CC3)nc2)C(C)(C)C)cc1. The van der Waals surface area contributed by atoms with Gasteiger partial charge in [0.15, 0.2) is 6.61 Å². The van der Waals surface area contributed by atoms with E-state index in [4.69, 9.17) is 30.5 Å². The van der Waals surface area contributed by atoms with Crippen molar-refractivity contribution in [2.45, 2.75) is 143 Å². The molecular formula is C58H68ClN7O9S. The first-order valence-corrected chi connectivity index (χ1v) is 27.1. The smallest absolute Gasteiger partial charge is 0.258 e. The van der Waals surface area contributed by atoms with Crippen molar-refractivity contribution in [3.63, 3.8) is 0 Å². The van der Waals surface area contributed by atoms with E-state index >= 15 is 0 Å². The minimum Gasteiger partial charge on any atom is -0.490 e. The van der Waals surface area contributed by atoms with Crippen LogP contribution in [0.1, 0.15) is 121 Å². The van der Waals surface area contributed by atoms with E-state index in [1.165, 1.54) is 11.1 Å². The van der Waals surface area contributed by atoms with Gasteiger partial charge in [0.05, 0.1) is 51.1 Å². The Kier molecular flexibility index (Phi) is 16.7. The second-order valence-electron chi connectivity index (χ2n) is 22.5. The maximum atomic E-state index is 14.2. The van der Waals surface area contributed by atoms with Crippen molar-refractivity contribution in [2.24, 2.45) is 16.2 Å². The molecule has 16 nitrogen and oxygen atoms in total. The van der Waals surface area contributed by atoms with Gasteiger partial charge in [-0.3, -0.25) is 19.2 Å². The molecule has 3 heterocycles. The molecular weight excluding hydrogens is 1010 g/mol. The minimum atomic E-state index is -1.02. The fraction of sp³-hybridized carbons (Fsp3) is 0.466. The summed E-state index contributed by atoms with van der Waals surface area (Å²) in [6.07, 6.45) is 3.37. The summed E-state index contributed by atoms with van der Waals surface area (Å²) in [6, 6.07) is 23.1. The Balaban J connectivity index is 0.758. The number of nitrogens with zero attached hydrogens (tertiary/aromatic N) is 4. The number of carbonyl (C=O) groups excluding carboxylic acids is 4. The van der Waals surface area contributed by atoms with Crippen LogP contribution in [0.4, 0.5) is 0 Å². The van der Waals surface area contributed by atoms with Gasteiger partial charge >= 0.3 is 0 Å². The summed E-state index contributed by atoms with van der Waals surface area (Å²) in [6.45, 7) is 17.1. The van der Waals surface area contributed by atoms with Crippen LogP contribution >= 0.6 is 22.9 Å². The predicted octanol–water partition coefficient (Wildman–Crippen LogP) is 9.17. The molecule has 8 rings (SSSR count). The lowest BCUT2D eigenvalue weighted by molar-refractivity contribution is -0.164. The van der Waals surface area contributed by atoms with E-state index in [1.807, 2.05) is 76.5 Å². The number of rotatable bonds is 17. The number of aliphatic hydroxyl groups is 1. The van der Waals surface area contributed by atoms with E-state index < -0.39 is 46.2 Å². The van der Waals surface area contributed by atoms with Gasteiger partial charge < -0.3 is 44.9 Å². The largest absolute Gasteiger partial charge is 0.490 e. The lowest BCUT2D eigenvalue weighted by atomic mass is 9.49. The lowest BCUT2D eigenvalue weighted by Crippen LogP contribution is -2.74. The standard InChI is InChI=1S/C58H68ClN7O9S/c1-33(35-10-12-36(13-11-35)49-34(2)62-32-76-49)63-52(70)46-26-39(67)30-66(46)53(71)50(56(3,4)5)64-47(68)31-72-44-24-25-48(61-29-44)74-42-22-20-41(21-23-42)73-40-17-14-37(15-18-40)51(69)65-54-57(6,7)55(58(54,8)9)75-43-19-16-38(28-60)45(59)27-43/h10-19,24-25,27,29,32-33,39,41-42,46,50,54-55,67H,20-23,26,30-31H2,1-9H3,(H,63,70)(H,64,68)(H,65,69)/t33-,39+,41?,42?,46?,50+,54?,55?/m0/s1. The van der Waals surface area contributed by atoms with Gasteiger partial charge in [-0.05, 0) is 98.5 Å². The molecule has 3 fully saturated rings. The first kappa shape index (κ1) is 55.5. The average molecular weight is 1070 g/mol. The average Bonchev–Trinajstić information content (AvgIpc) is 4.08. The van der Waals surface area contributed by atoms with Crippen molar-refractivity contribution in [1.82, 2.24) is 30.8 Å². The quantitative estimate of drug-likeness (QED) is 0.0686. The van der Waals surface area contributed by atoms with Gasteiger partial charge in [0.25, 0.3) is 11.8 Å². The molecule has 0 spiro atoms. The maximum Gasteiger partial charge on any atom is 0.258 e. The molecule has 402 valence electrons. The molecule has 0 radical (unpaired) electrons. The number of pyridine rings is 1. The number of thiazole rings is 1. The number of hydrogen-bond acceptors (Lipinski definition) is 13. The van der Waals surface area contributed by atoms with E-state index in [-0.39, 0.29) is 61.8 Å². The number of likely N-dealkylation sites (tertiary alicyclic amines) is 1. The number of aromatic nitrogens is 2. The molecule has 3 aliphatic rings. The third-order valence-corrected chi connectivity index (χ3v) is 16.2. The van der Waals surface area contributed by atoms with Crippen LogP contribution in [0, 0.1) is 34.5 Å². The Hall–Kier alpha value is -6.74. The van der Waals surface area contributed by atoms with Crippen LogP contribution < -0.4 is 34.9 Å². The van der Waals surface area contributed by atoms with Gasteiger partial charge in [0.2, 0.25) is 17.7 Å². The Bertz CT molecular complexity index is 2910. The highest BCUT2D eigenvalue weighted by atomic mass is 35.5. The maximum absolute atomic E-state index is 14.2. The fourth-order valence-electron chi connectivity index (χ4n) is 11.0. The monoisotopic (exact) mass is 1070 g/mol. The normalized spacial score (nSPS) is 22.4. The number of nitriles is 1. The van der Waals surface area contributed by atoms with E-state index in [0.29, 0.717) is 39.3 Å². The number of ether oxygens (including phenoxy) is 4. The summed E-state index contributed by atoms with van der Waals surface area (Å²) in [5.74, 6) is 0.435. The number of nitrogens with one attached hydrogen (secondary N) is 3. The molecule has 4 N–H and O–H groups in total. The zero-order valence-electron chi connectivity index (χ0n) is 44.5. The molecule has 1 saturated heterocycles. The van der Waals surface area contributed by atoms with E-state index in [0.717, 1.165) is 47.4 Å². The molecule has 0 bridgehead atoms. The van der Waals surface area contributed by atoms with Crippen molar-refractivity contribution >= 4 is 46.6 Å². The number of β-amino-alcohol motifs (C(OH)–C–C–N with tert-alkyl or cyclic N) is 1. The van der Waals surface area contributed by atoms with Gasteiger partial charge in [0.1, 0.15) is 47.6 Å². The van der Waals surface area contributed by atoms with Crippen LogP contribution in [-0.4, -0.2) is 99.3 Å². The van der Waals surface area contributed by atoms with Crippen molar-refractivity contribution in [3.8, 4) is 39.6 Å². The Morgan fingerprint density at radius 3 is 2.11 bits per heavy atom. The van der Waals surface area contributed by atoms with Crippen molar-refractivity contribution < 1.29 is 43.2 Å². The van der Waals surface area contributed by atoms with Gasteiger partial charge in [0, 0.05) is 47.5 Å². The Labute approximate surface area is 453 Å². The molecule has 1 unspecified atom stereocenters. The summed E-state index contributed by atoms with van der Waals surface area (Å²) in [5.41, 5.74) is 4.07. The molecule has 2 saturated carbocycles. The van der Waals surface area contributed by atoms with Gasteiger partial charge in [-0.25, -0.2) is 9.97 Å². The van der Waals surface area contributed by atoms with Gasteiger partial charge in [-0.1, -0.05) is 84.3 Å². The minimum absolute atomic E-state index is 0.0204. The van der Waals surface area contributed by atoms with Crippen LogP contribution in [0.5, 0.6) is 23.1 Å². The molecule has 76 heavy (non-hydrogen) atoms. The summed E-state index contributed by atoms with van der Waals surface area (Å²) in [7, 11) is 0. The molecule has 5 aromatic rings. The van der Waals surface area contributed by atoms with E-state index in [1.54, 1.807) is 53.8 Å². The third-order valence-electron chi connectivity index (χ3n) is 14.9. The zero-order valence-corrected chi connectivity index (χ0v) is 46.1. The van der Waals surface area contributed by atoms with Crippen LogP contribution in [0.2, 0.25) is 5.02 Å². The summed E-state index contributed by atoms with van der Waals surface area (Å²) in [4.78, 5) is 65.9. The molecule has 2 aliphatic carbocycles. The number of hydrogen-bond donors (Lipinski definition) is 4. The van der Waals surface area contributed by atoms with Crippen LogP contribution in [0.3, 0.4) is 0 Å². The Morgan fingerprint density at radius 2 is 1.51 bits per heavy atom. The molecule has 2 aromatic heterocycles. The Morgan fingerprint density at radius 1 is 0.868 bits per heavy atom. The highest BCUT2D eigenvalue weighted by Crippen LogP contribution is 2.55. The second-order valence-corrected chi connectivity index (χ2v) is 23.7. The van der Waals surface area contributed by atoms with Gasteiger partial charge in [-0.15, -0.1) is 11.3 Å². The highest BCUT2D eigenvalue weighted by Gasteiger charge is 2.64. The molecule has 18 heteroatoms. The third kappa shape index (κ3) is 12.6. The number of aryl methyl sites for hydroxylation is 1. The summed E-state index contributed by atoms with van der Waals surface area (Å²) < 4.78 is 24.7. The number of benzene rings is 3. The zero-order chi connectivity index (χ0) is 54.7. The summed E-state index contributed by atoms with van der Waals surface area (Å²) >= 11 is 7.83. The molecule has 1 aliphatic heterocycles. The van der Waals surface area contributed by atoms with Crippen LogP contribution in [0.25, 0.3) is 10.4 Å². The number of halogens is 1. The van der Waals surface area contributed by atoms with Gasteiger partial charge in [-0.2, -0.15) is 5.26 Å². The number of amides is 4. The fourth-order valence-corrected chi connectivity index (χ4v) is 12.0. The lowest BCUT2D eigenvalue weighted by Gasteiger charge is -2.63. The van der Waals surface area contributed by atoms with Crippen LogP contribution in [-0.2, 0) is 14.4 Å². The topological polar surface area (TPSA) is 214 Å². The molecule has 4 atom stereocenters. The van der Waals surface area contributed by atoms with Crippen molar-refractivity contribution in [3.05, 3.63) is 118 Å². The summed E-state index contributed by atoms with van der Waals surface area (Å²) in [5, 5.41) is 29.3. The number of carbonyl (C=O) groups is 4. The van der Waals surface area contributed by atoms with E-state index in [9.17, 15) is 29.5 Å². The molecule has 4 amide bonds. The highest BCUT2D eigenvalue weighted by molar-refractivity contribution is 7.13. The molecule has 3 aromatic carbocycles. The van der Waals surface area contributed by atoms with Crippen molar-refractivity contribution in [2.75, 3.05) is 13.2 Å². The number of aliphatic hydroxyl groups excluding tert-OH is 1. The first-order valence-electron chi connectivity index (χ1n) is 25.8. The first-order chi connectivity index (χ1) is 36.0. The van der Waals surface area contributed by atoms with Crippen LogP contribution in [0.15, 0.2) is 90.6 Å².